The van der Waals surface area contributed by atoms with E-state index in [0.29, 0.717) is 23.9 Å². The van der Waals surface area contributed by atoms with Crippen LogP contribution in [0.2, 0.25) is 0 Å². The van der Waals surface area contributed by atoms with Gasteiger partial charge >= 0.3 is 5.97 Å². The minimum absolute atomic E-state index is 0.341. The number of nitrogens with zero attached hydrogens (tertiary/aromatic N) is 2. The van der Waals surface area contributed by atoms with E-state index in [1.54, 1.807) is 43.0 Å². The Kier molecular flexibility index (Phi) is 4.96. The van der Waals surface area contributed by atoms with Crippen LogP contribution in [0.1, 0.15) is 17.3 Å². The molecule has 0 atom stereocenters. The van der Waals surface area contributed by atoms with Crippen LogP contribution in [-0.2, 0) is 4.74 Å². The third-order valence-electron chi connectivity index (χ3n) is 3.42. The van der Waals surface area contributed by atoms with Crippen LogP contribution >= 0.6 is 11.8 Å². The molecule has 0 aliphatic rings. The Bertz CT molecular complexity index is 826. The molecule has 24 heavy (non-hydrogen) atoms. The van der Waals surface area contributed by atoms with Crippen molar-refractivity contribution in [1.82, 2.24) is 10.1 Å². The summed E-state index contributed by atoms with van der Waals surface area (Å²) in [7, 11) is 0. The molecule has 0 unspecified atom stereocenters. The fraction of sp³-hybridized carbons (Fsp3) is 0.167. The van der Waals surface area contributed by atoms with Gasteiger partial charge in [0.2, 0.25) is 5.82 Å². The Morgan fingerprint density at radius 3 is 2.38 bits per heavy atom. The number of aromatic nitrogens is 2. The monoisotopic (exact) mass is 340 g/mol. The van der Waals surface area contributed by atoms with Crippen LogP contribution in [0.5, 0.6) is 0 Å². The Labute approximate surface area is 144 Å². The summed E-state index contributed by atoms with van der Waals surface area (Å²) in [6, 6.07) is 14.9. The number of carbonyl (C=O) groups is 1. The first kappa shape index (κ1) is 16.3. The summed E-state index contributed by atoms with van der Waals surface area (Å²) < 4.78 is 10.3. The van der Waals surface area contributed by atoms with E-state index >= 15 is 0 Å². The number of carbonyl (C=O) groups excluding carboxylic acids is 1. The highest BCUT2D eigenvalue weighted by molar-refractivity contribution is 7.98. The normalized spacial score (nSPS) is 10.6. The van der Waals surface area contributed by atoms with E-state index < -0.39 is 0 Å². The average molecular weight is 340 g/mol. The molecule has 3 aromatic rings. The lowest BCUT2D eigenvalue weighted by atomic mass is 10.1. The number of thioether (sulfide) groups is 1. The van der Waals surface area contributed by atoms with Crippen LogP contribution in [0, 0.1) is 0 Å². The van der Waals surface area contributed by atoms with Gasteiger partial charge in [0.05, 0.1) is 12.2 Å². The van der Waals surface area contributed by atoms with Gasteiger partial charge in [-0.1, -0.05) is 17.3 Å². The van der Waals surface area contributed by atoms with Crippen LogP contribution in [0.15, 0.2) is 57.9 Å². The fourth-order valence-electron chi connectivity index (χ4n) is 2.16. The summed E-state index contributed by atoms with van der Waals surface area (Å²) in [5.41, 5.74) is 2.14. The summed E-state index contributed by atoms with van der Waals surface area (Å²) in [5.74, 6) is 0.605. The highest BCUT2D eigenvalue weighted by Gasteiger charge is 2.12. The van der Waals surface area contributed by atoms with Crippen LogP contribution in [0.25, 0.3) is 22.8 Å². The highest BCUT2D eigenvalue weighted by Crippen LogP contribution is 2.24. The first-order valence-electron chi connectivity index (χ1n) is 7.47. The largest absolute Gasteiger partial charge is 0.462 e. The molecule has 0 aliphatic carbocycles. The van der Waals surface area contributed by atoms with E-state index in [-0.39, 0.29) is 5.97 Å². The molecule has 1 aromatic heterocycles. The smallest absolute Gasteiger partial charge is 0.338 e. The van der Waals surface area contributed by atoms with Gasteiger partial charge in [-0.2, -0.15) is 4.98 Å². The van der Waals surface area contributed by atoms with Gasteiger partial charge in [0.1, 0.15) is 0 Å². The molecule has 2 aromatic carbocycles. The Morgan fingerprint density at radius 1 is 1.08 bits per heavy atom. The second kappa shape index (κ2) is 7.31. The lowest BCUT2D eigenvalue weighted by Crippen LogP contribution is -2.04. The maximum absolute atomic E-state index is 11.7. The predicted octanol–water partition coefficient (Wildman–Crippen LogP) is 4.30. The van der Waals surface area contributed by atoms with E-state index in [1.165, 1.54) is 4.90 Å². The minimum atomic E-state index is -0.341. The molecule has 6 heteroatoms. The fourth-order valence-corrected chi connectivity index (χ4v) is 2.57. The van der Waals surface area contributed by atoms with E-state index in [0.717, 1.165) is 11.1 Å². The van der Waals surface area contributed by atoms with Gasteiger partial charge in [0, 0.05) is 16.0 Å². The van der Waals surface area contributed by atoms with Crippen LogP contribution < -0.4 is 0 Å². The molecular weight excluding hydrogens is 324 g/mol. The first-order chi connectivity index (χ1) is 11.7. The number of hydrogen-bond donors (Lipinski definition) is 0. The number of benzene rings is 2. The molecule has 0 aliphatic heterocycles. The lowest BCUT2D eigenvalue weighted by Gasteiger charge is -2.01. The van der Waals surface area contributed by atoms with E-state index in [4.69, 9.17) is 9.26 Å². The summed E-state index contributed by atoms with van der Waals surface area (Å²) >= 11 is 1.68. The van der Waals surface area contributed by atoms with Gasteiger partial charge in [-0.15, -0.1) is 11.8 Å². The summed E-state index contributed by atoms with van der Waals surface area (Å²) in [4.78, 5) is 17.3. The number of rotatable bonds is 5. The third kappa shape index (κ3) is 3.49. The van der Waals surface area contributed by atoms with E-state index in [9.17, 15) is 4.79 Å². The van der Waals surface area contributed by atoms with Crippen molar-refractivity contribution in [3.8, 4) is 22.8 Å². The topological polar surface area (TPSA) is 65.2 Å². The zero-order chi connectivity index (χ0) is 16.9. The SMILES string of the molecule is CCOC(=O)c1ccc(-c2noc(-c3ccc(SC)cc3)n2)cc1. The van der Waals surface area contributed by atoms with Crippen molar-refractivity contribution in [3.63, 3.8) is 0 Å². The van der Waals surface area contributed by atoms with Gasteiger partial charge in [-0.3, -0.25) is 0 Å². The van der Waals surface area contributed by atoms with Crippen molar-refractivity contribution in [1.29, 1.82) is 0 Å². The van der Waals surface area contributed by atoms with Crippen molar-refractivity contribution < 1.29 is 14.1 Å². The van der Waals surface area contributed by atoms with E-state index in [2.05, 4.69) is 10.1 Å². The Morgan fingerprint density at radius 2 is 1.75 bits per heavy atom. The second-order valence-corrected chi connectivity index (χ2v) is 5.83. The predicted molar refractivity (Wildman–Crippen MR) is 92.9 cm³/mol. The lowest BCUT2D eigenvalue weighted by molar-refractivity contribution is 0.0526. The standard InChI is InChI=1S/C18H16N2O3S/c1-3-22-18(21)14-6-4-12(5-7-14)16-19-17(23-20-16)13-8-10-15(24-2)11-9-13/h4-11H,3H2,1-2H3. The Balaban J connectivity index is 1.80. The van der Waals surface area contributed by atoms with Gasteiger partial charge < -0.3 is 9.26 Å². The molecular formula is C18H16N2O3S. The number of hydrogen-bond acceptors (Lipinski definition) is 6. The molecule has 5 nitrogen and oxygen atoms in total. The van der Waals surface area contributed by atoms with E-state index in [1.807, 2.05) is 30.5 Å². The van der Waals surface area contributed by atoms with Crippen molar-refractivity contribution in [2.75, 3.05) is 12.9 Å². The van der Waals surface area contributed by atoms with Gasteiger partial charge in [0.25, 0.3) is 5.89 Å². The Hall–Kier alpha value is -2.60. The van der Waals surface area contributed by atoms with Crippen molar-refractivity contribution in [2.45, 2.75) is 11.8 Å². The quantitative estimate of drug-likeness (QED) is 0.509. The summed E-state index contributed by atoms with van der Waals surface area (Å²) in [6.07, 6.45) is 2.03. The highest BCUT2D eigenvalue weighted by atomic mass is 32.2. The molecule has 122 valence electrons. The zero-order valence-electron chi connectivity index (χ0n) is 13.4. The molecule has 1 heterocycles. The zero-order valence-corrected chi connectivity index (χ0v) is 14.2. The van der Waals surface area contributed by atoms with Crippen LogP contribution in [-0.4, -0.2) is 29.0 Å². The molecule has 0 radical (unpaired) electrons. The van der Waals surface area contributed by atoms with Gasteiger partial charge in [0.15, 0.2) is 0 Å². The number of esters is 1. The molecule has 0 N–H and O–H groups in total. The molecule has 0 bridgehead atoms. The van der Waals surface area contributed by atoms with Gasteiger partial charge in [-0.05, 0) is 49.6 Å². The third-order valence-corrected chi connectivity index (χ3v) is 4.16. The van der Waals surface area contributed by atoms with Crippen molar-refractivity contribution in [2.24, 2.45) is 0 Å². The molecule has 0 fully saturated rings. The van der Waals surface area contributed by atoms with Crippen LogP contribution in [0.3, 0.4) is 0 Å². The van der Waals surface area contributed by atoms with Crippen molar-refractivity contribution >= 4 is 17.7 Å². The molecule has 0 spiro atoms. The molecule has 3 rings (SSSR count). The maximum Gasteiger partial charge on any atom is 0.338 e. The maximum atomic E-state index is 11.7. The molecule has 0 saturated heterocycles. The molecule has 0 saturated carbocycles. The minimum Gasteiger partial charge on any atom is -0.462 e. The van der Waals surface area contributed by atoms with Crippen molar-refractivity contribution in [3.05, 3.63) is 54.1 Å². The van der Waals surface area contributed by atoms with Gasteiger partial charge in [-0.25, -0.2) is 4.79 Å². The van der Waals surface area contributed by atoms with Crippen LogP contribution in [0.4, 0.5) is 0 Å². The first-order valence-corrected chi connectivity index (χ1v) is 8.69. The average Bonchev–Trinajstić information content (AvgIpc) is 3.12. The molecule has 0 amide bonds. The second-order valence-electron chi connectivity index (χ2n) is 4.95. The summed E-state index contributed by atoms with van der Waals surface area (Å²) in [5, 5.41) is 4.01. The summed E-state index contributed by atoms with van der Waals surface area (Å²) in [6.45, 7) is 2.13. The number of ether oxygens (including phenoxy) is 1.